The van der Waals surface area contributed by atoms with Crippen LogP contribution in [0.5, 0.6) is 0 Å². The van der Waals surface area contributed by atoms with E-state index < -0.39 is 0 Å². The molecule has 1 saturated carbocycles. The van der Waals surface area contributed by atoms with E-state index in [1.807, 2.05) is 4.90 Å². The molecule has 0 radical (unpaired) electrons. The first-order valence-corrected chi connectivity index (χ1v) is 12.4. The van der Waals surface area contributed by atoms with Gasteiger partial charge in [0.1, 0.15) is 5.82 Å². The number of likely N-dealkylation sites (tertiary alicyclic amines) is 1. The van der Waals surface area contributed by atoms with Crippen LogP contribution in [0.4, 0.5) is 0 Å². The summed E-state index contributed by atoms with van der Waals surface area (Å²) in [5, 5.41) is 0. The molecule has 6 nitrogen and oxygen atoms in total. The monoisotopic (exact) mass is 424 g/mol. The van der Waals surface area contributed by atoms with Crippen LogP contribution in [0.25, 0.3) is 0 Å². The molecule has 0 aromatic carbocycles. The minimum atomic E-state index is -0.0748. The number of aromatic nitrogens is 2. The predicted octanol–water partition coefficient (Wildman–Crippen LogP) is 3.73. The lowest BCUT2D eigenvalue weighted by Crippen LogP contribution is -2.44. The number of hydrogen-bond donors (Lipinski definition) is 1. The summed E-state index contributed by atoms with van der Waals surface area (Å²) >= 11 is 0. The van der Waals surface area contributed by atoms with Crippen LogP contribution in [0.15, 0.2) is 16.9 Å². The summed E-state index contributed by atoms with van der Waals surface area (Å²) < 4.78 is 0. The number of nitrogens with one attached hydrogen (secondary N) is 1. The smallest absolute Gasteiger partial charge is 0.255 e. The van der Waals surface area contributed by atoms with Crippen molar-refractivity contribution < 1.29 is 4.79 Å². The Hall–Kier alpha value is -1.95. The average molecular weight is 425 g/mol. The normalized spacial score (nSPS) is 31.6. The number of nitrogens with zero attached hydrogens (tertiary/aromatic N) is 3. The Morgan fingerprint density at radius 1 is 1.10 bits per heavy atom. The third kappa shape index (κ3) is 4.23. The van der Waals surface area contributed by atoms with Gasteiger partial charge in [-0.2, -0.15) is 0 Å². The number of amides is 1. The van der Waals surface area contributed by atoms with Gasteiger partial charge < -0.3 is 9.88 Å². The third-order valence-electron chi connectivity index (χ3n) is 8.09. The van der Waals surface area contributed by atoms with Gasteiger partial charge in [0.2, 0.25) is 5.91 Å². The van der Waals surface area contributed by atoms with E-state index in [0.717, 1.165) is 75.3 Å². The fourth-order valence-corrected chi connectivity index (χ4v) is 6.11. The van der Waals surface area contributed by atoms with Crippen molar-refractivity contribution >= 4 is 5.91 Å². The SMILES string of the molecule is CC1CCC(N2CCc3nc([C@H]4CCCN4C(=O)[C@H]4CC=CCC4)[nH]c(=O)c3C2)CC1. The summed E-state index contributed by atoms with van der Waals surface area (Å²) in [6.07, 6.45) is 14.9. The van der Waals surface area contributed by atoms with Gasteiger partial charge in [0.25, 0.3) is 5.56 Å². The summed E-state index contributed by atoms with van der Waals surface area (Å²) in [7, 11) is 0. The molecule has 4 aliphatic rings. The van der Waals surface area contributed by atoms with Crippen LogP contribution < -0.4 is 5.56 Å². The van der Waals surface area contributed by atoms with Crippen LogP contribution in [0.2, 0.25) is 0 Å². The first-order chi connectivity index (χ1) is 15.1. The van der Waals surface area contributed by atoms with Crippen molar-refractivity contribution in [2.75, 3.05) is 13.1 Å². The largest absolute Gasteiger partial charge is 0.332 e. The standard InChI is InChI=1S/C25H36N4O2/c1-17-9-11-19(12-10-17)28-15-13-21-20(16-28)24(30)27-23(26-21)22-8-5-14-29(22)25(31)18-6-3-2-4-7-18/h2-3,17-19,22H,4-16H2,1H3,(H,26,27,30)/t17?,18-,19?,22+/m0/s1. The molecule has 1 N–H and O–H groups in total. The van der Waals surface area contributed by atoms with Gasteiger partial charge in [-0.3, -0.25) is 14.5 Å². The number of allylic oxidation sites excluding steroid dienone is 2. The lowest BCUT2D eigenvalue weighted by atomic mass is 9.86. The molecule has 3 heterocycles. The zero-order chi connectivity index (χ0) is 21.4. The lowest BCUT2D eigenvalue weighted by Gasteiger charge is -2.38. The maximum absolute atomic E-state index is 13.2. The average Bonchev–Trinajstić information content (AvgIpc) is 3.29. The number of rotatable bonds is 3. The first kappa shape index (κ1) is 20.9. The fourth-order valence-electron chi connectivity index (χ4n) is 6.11. The fraction of sp³-hybridized carbons (Fsp3) is 0.720. The third-order valence-corrected chi connectivity index (χ3v) is 8.09. The second kappa shape index (κ2) is 8.89. The van der Waals surface area contributed by atoms with Crippen molar-refractivity contribution in [1.82, 2.24) is 19.8 Å². The second-order valence-electron chi connectivity index (χ2n) is 10.2. The zero-order valence-corrected chi connectivity index (χ0v) is 18.8. The molecule has 168 valence electrons. The quantitative estimate of drug-likeness (QED) is 0.751. The van der Waals surface area contributed by atoms with Crippen molar-refractivity contribution in [2.45, 2.75) is 89.8 Å². The van der Waals surface area contributed by atoms with Gasteiger partial charge in [-0.05, 0) is 63.7 Å². The van der Waals surface area contributed by atoms with Crippen LogP contribution in [-0.2, 0) is 17.8 Å². The molecular formula is C25H36N4O2. The molecule has 2 fully saturated rings. The topological polar surface area (TPSA) is 69.3 Å². The molecule has 31 heavy (non-hydrogen) atoms. The van der Waals surface area contributed by atoms with Gasteiger partial charge in [-0.1, -0.05) is 19.1 Å². The van der Waals surface area contributed by atoms with Crippen molar-refractivity contribution in [1.29, 1.82) is 0 Å². The molecule has 5 rings (SSSR count). The Bertz CT molecular complexity index is 899. The van der Waals surface area contributed by atoms with E-state index in [4.69, 9.17) is 4.98 Å². The number of carbonyl (C=O) groups is 1. The number of H-pyrrole nitrogens is 1. The molecule has 0 bridgehead atoms. The number of hydrogen-bond acceptors (Lipinski definition) is 4. The Labute approximate surface area is 185 Å². The number of fused-ring (bicyclic) bond motifs is 1. The zero-order valence-electron chi connectivity index (χ0n) is 18.8. The van der Waals surface area contributed by atoms with Crippen molar-refractivity contribution in [3.8, 4) is 0 Å². The summed E-state index contributed by atoms with van der Waals surface area (Å²) in [6, 6.07) is 0.533. The number of aromatic amines is 1. The molecular weight excluding hydrogens is 388 g/mol. The molecule has 2 aliphatic heterocycles. The predicted molar refractivity (Wildman–Crippen MR) is 121 cm³/mol. The van der Waals surface area contributed by atoms with Crippen molar-refractivity contribution in [3.63, 3.8) is 0 Å². The van der Waals surface area contributed by atoms with Crippen molar-refractivity contribution in [3.05, 3.63) is 39.6 Å². The Morgan fingerprint density at radius 3 is 2.71 bits per heavy atom. The highest BCUT2D eigenvalue weighted by atomic mass is 16.2. The van der Waals surface area contributed by atoms with Gasteiger partial charge in [0, 0.05) is 38.0 Å². The van der Waals surface area contributed by atoms with E-state index in [9.17, 15) is 9.59 Å². The van der Waals surface area contributed by atoms with E-state index in [-0.39, 0.29) is 23.4 Å². The van der Waals surface area contributed by atoms with E-state index >= 15 is 0 Å². The molecule has 1 aromatic rings. The minimum Gasteiger partial charge on any atom is -0.332 e. The molecule has 1 aromatic heterocycles. The van der Waals surface area contributed by atoms with Crippen LogP contribution in [-0.4, -0.2) is 44.8 Å². The van der Waals surface area contributed by atoms with Crippen LogP contribution in [0, 0.1) is 11.8 Å². The van der Waals surface area contributed by atoms with Gasteiger partial charge in [0.15, 0.2) is 0 Å². The summed E-state index contributed by atoms with van der Waals surface area (Å²) in [5.74, 6) is 1.87. The molecule has 1 amide bonds. The maximum Gasteiger partial charge on any atom is 0.255 e. The Kier molecular flexibility index (Phi) is 6.00. The van der Waals surface area contributed by atoms with E-state index in [1.165, 1.54) is 25.7 Å². The highest BCUT2D eigenvalue weighted by molar-refractivity contribution is 5.80. The van der Waals surface area contributed by atoms with Gasteiger partial charge in [-0.15, -0.1) is 0 Å². The van der Waals surface area contributed by atoms with E-state index in [1.54, 1.807) is 0 Å². The van der Waals surface area contributed by atoms with Gasteiger partial charge >= 0.3 is 0 Å². The van der Waals surface area contributed by atoms with E-state index in [0.29, 0.717) is 11.9 Å². The minimum absolute atomic E-state index is 0.00813. The number of carbonyl (C=O) groups excluding carboxylic acids is 1. The Morgan fingerprint density at radius 2 is 1.94 bits per heavy atom. The van der Waals surface area contributed by atoms with Crippen LogP contribution in [0.3, 0.4) is 0 Å². The summed E-state index contributed by atoms with van der Waals surface area (Å²) in [5.41, 5.74) is 1.81. The summed E-state index contributed by atoms with van der Waals surface area (Å²) in [4.78, 5) is 38.8. The maximum atomic E-state index is 13.2. The van der Waals surface area contributed by atoms with Crippen LogP contribution in [0.1, 0.15) is 87.8 Å². The molecule has 2 atom stereocenters. The second-order valence-corrected chi connectivity index (χ2v) is 10.2. The van der Waals surface area contributed by atoms with Crippen molar-refractivity contribution in [2.24, 2.45) is 11.8 Å². The molecule has 1 saturated heterocycles. The molecule has 2 aliphatic carbocycles. The molecule has 0 spiro atoms. The highest BCUT2D eigenvalue weighted by Crippen LogP contribution is 2.34. The van der Waals surface area contributed by atoms with Gasteiger partial charge in [0.05, 0.1) is 17.3 Å². The van der Waals surface area contributed by atoms with E-state index in [2.05, 4.69) is 29.0 Å². The van der Waals surface area contributed by atoms with Crippen LogP contribution >= 0.6 is 0 Å². The molecule has 6 heteroatoms. The Balaban J connectivity index is 1.32. The van der Waals surface area contributed by atoms with Gasteiger partial charge in [-0.25, -0.2) is 4.98 Å². The first-order valence-electron chi connectivity index (χ1n) is 12.4. The summed E-state index contributed by atoms with van der Waals surface area (Å²) in [6.45, 7) is 4.83. The molecule has 0 unspecified atom stereocenters. The highest BCUT2D eigenvalue weighted by Gasteiger charge is 2.36. The lowest BCUT2D eigenvalue weighted by molar-refractivity contribution is -0.136.